The summed E-state index contributed by atoms with van der Waals surface area (Å²) in [5.74, 6) is -0.292. The lowest BCUT2D eigenvalue weighted by Gasteiger charge is -2.30. The van der Waals surface area contributed by atoms with Gasteiger partial charge < -0.3 is 10.2 Å². The quantitative estimate of drug-likeness (QED) is 0.661. The number of halogens is 2. The lowest BCUT2D eigenvalue weighted by Crippen LogP contribution is -2.49. The Morgan fingerprint density at radius 1 is 1.00 bits per heavy atom. The third kappa shape index (κ3) is 6.25. The lowest BCUT2D eigenvalue weighted by atomic mass is 10.1. The van der Waals surface area contributed by atoms with E-state index in [9.17, 15) is 9.59 Å². The number of rotatable bonds is 8. The van der Waals surface area contributed by atoms with E-state index in [-0.39, 0.29) is 30.8 Å². The molecule has 2 aromatic carbocycles. The fourth-order valence-electron chi connectivity index (χ4n) is 2.75. The van der Waals surface area contributed by atoms with Crippen LogP contribution in [0.5, 0.6) is 0 Å². The van der Waals surface area contributed by atoms with Gasteiger partial charge in [-0.25, -0.2) is 0 Å². The molecule has 150 valence electrons. The highest BCUT2D eigenvalue weighted by Crippen LogP contribution is 2.24. The van der Waals surface area contributed by atoms with Crippen LogP contribution in [0.2, 0.25) is 10.0 Å². The zero-order valence-electron chi connectivity index (χ0n) is 16.4. The van der Waals surface area contributed by atoms with Crippen molar-refractivity contribution < 1.29 is 9.59 Å². The fourth-order valence-corrected chi connectivity index (χ4v) is 3.08. The maximum atomic E-state index is 13.1. The highest BCUT2D eigenvalue weighted by atomic mass is 35.5. The Balaban J connectivity index is 2.24. The van der Waals surface area contributed by atoms with Gasteiger partial charge in [0.25, 0.3) is 0 Å². The number of nitrogens with one attached hydrogen (secondary N) is 1. The van der Waals surface area contributed by atoms with Crippen LogP contribution >= 0.6 is 23.2 Å². The van der Waals surface area contributed by atoms with Crippen LogP contribution in [-0.4, -0.2) is 28.8 Å². The van der Waals surface area contributed by atoms with Crippen molar-refractivity contribution in [1.29, 1.82) is 0 Å². The Morgan fingerprint density at radius 3 is 2.29 bits per heavy atom. The standard InChI is InChI=1S/C22H26Cl2N2O2/c1-4-15(2)25-22(28)16(3)26(14-18-10-11-19(23)20(24)12-18)21(27)13-17-8-6-5-7-9-17/h5-12,15-16H,4,13-14H2,1-3H3,(H,25,28)/t15-,16-/m0/s1. The molecule has 0 saturated heterocycles. The van der Waals surface area contributed by atoms with Gasteiger partial charge in [0.1, 0.15) is 6.04 Å². The van der Waals surface area contributed by atoms with Crippen molar-refractivity contribution in [2.24, 2.45) is 0 Å². The Morgan fingerprint density at radius 2 is 1.68 bits per heavy atom. The first-order chi connectivity index (χ1) is 13.3. The van der Waals surface area contributed by atoms with Crippen LogP contribution in [0.1, 0.15) is 38.3 Å². The molecule has 2 amide bonds. The van der Waals surface area contributed by atoms with Gasteiger partial charge in [-0.05, 0) is 43.5 Å². The molecule has 0 aliphatic heterocycles. The minimum absolute atomic E-state index is 0.0472. The Hall–Kier alpha value is -2.04. The molecule has 0 aliphatic carbocycles. The molecule has 1 N–H and O–H groups in total. The van der Waals surface area contributed by atoms with Crippen molar-refractivity contribution >= 4 is 35.0 Å². The third-order valence-electron chi connectivity index (χ3n) is 4.70. The zero-order chi connectivity index (χ0) is 20.7. The van der Waals surface area contributed by atoms with E-state index in [2.05, 4.69) is 5.32 Å². The SMILES string of the molecule is CC[C@H](C)NC(=O)[C@H](C)N(Cc1ccc(Cl)c(Cl)c1)C(=O)Cc1ccccc1. The number of amides is 2. The molecule has 0 spiro atoms. The summed E-state index contributed by atoms with van der Waals surface area (Å²) < 4.78 is 0. The molecule has 0 saturated carbocycles. The van der Waals surface area contributed by atoms with Crippen LogP contribution in [0.25, 0.3) is 0 Å². The van der Waals surface area contributed by atoms with E-state index in [1.165, 1.54) is 0 Å². The first-order valence-corrected chi connectivity index (χ1v) is 10.1. The number of carbonyl (C=O) groups is 2. The average molecular weight is 421 g/mol. The molecular formula is C22H26Cl2N2O2. The molecule has 0 heterocycles. The van der Waals surface area contributed by atoms with Crippen LogP contribution in [0.4, 0.5) is 0 Å². The second-order valence-corrected chi connectivity index (χ2v) is 7.74. The molecule has 0 fully saturated rings. The molecule has 0 radical (unpaired) electrons. The minimum atomic E-state index is -0.611. The Kier molecular flexibility index (Phi) is 8.34. The second kappa shape index (κ2) is 10.5. The first-order valence-electron chi connectivity index (χ1n) is 9.39. The van der Waals surface area contributed by atoms with E-state index in [1.54, 1.807) is 24.0 Å². The van der Waals surface area contributed by atoms with Crippen LogP contribution in [0.3, 0.4) is 0 Å². The zero-order valence-corrected chi connectivity index (χ0v) is 17.9. The number of carbonyl (C=O) groups excluding carboxylic acids is 2. The van der Waals surface area contributed by atoms with Crippen molar-refractivity contribution in [3.05, 3.63) is 69.7 Å². The molecule has 2 aromatic rings. The molecule has 2 atom stereocenters. The smallest absolute Gasteiger partial charge is 0.242 e. The normalized spacial score (nSPS) is 12.9. The average Bonchev–Trinajstić information content (AvgIpc) is 2.68. The molecule has 28 heavy (non-hydrogen) atoms. The van der Waals surface area contributed by atoms with Crippen LogP contribution in [0, 0.1) is 0 Å². The Bertz CT molecular complexity index is 811. The summed E-state index contributed by atoms with van der Waals surface area (Å²) in [7, 11) is 0. The van der Waals surface area contributed by atoms with Gasteiger partial charge in [-0.1, -0.05) is 66.5 Å². The lowest BCUT2D eigenvalue weighted by molar-refractivity contribution is -0.140. The summed E-state index contributed by atoms with van der Waals surface area (Å²) in [5.41, 5.74) is 1.72. The van der Waals surface area contributed by atoms with Gasteiger partial charge in [-0.3, -0.25) is 9.59 Å². The molecule has 0 aliphatic rings. The molecule has 4 nitrogen and oxygen atoms in total. The van der Waals surface area contributed by atoms with E-state index in [0.717, 1.165) is 17.5 Å². The highest BCUT2D eigenvalue weighted by molar-refractivity contribution is 6.42. The Labute approximate surface area is 176 Å². The monoisotopic (exact) mass is 420 g/mol. The number of hydrogen-bond acceptors (Lipinski definition) is 2. The summed E-state index contributed by atoms with van der Waals surface area (Å²) in [6, 6.07) is 14.2. The van der Waals surface area contributed by atoms with E-state index in [4.69, 9.17) is 23.2 Å². The predicted molar refractivity (Wildman–Crippen MR) is 115 cm³/mol. The maximum Gasteiger partial charge on any atom is 0.242 e. The van der Waals surface area contributed by atoms with Gasteiger partial charge in [-0.2, -0.15) is 0 Å². The van der Waals surface area contributed by atoms with Crippen molar-refractivity contribution in [3.8, 4) is 0 Å². The van der Waals surface area contributed by atoms with Crippen molar-refractivity contribution in [2.45, 2.75) is 52.2 Å². The van der Waals surface area contributed by atoms with Gasteiger partial charge >= 0.3 is 0 Å². The van der Waals surface area contributed by atoms with E-state index in [0.29, 0.717) is 10.0 Å². The summed E-state index contributed by atoms with van der Waals surface area (Å²) in [6.07, 6.45) is 1.05. The van der Waals surface area contributed by atoms with E-state index < -0.39 is 6.04 Å². The number of nitrogens with zero attached hydrogens (tertiary/aromatic N) is 1. The molecule has 0 unspecified atom stereocenters. The minimum Gasteiger partial charge on any atom is -0.352 e. The van der Waals surface area contributed by atoms with E-state index >= 15 is 0 Å². The molecule has 0 bridgehead atoms. The highest BCUT2D eigenvalue weighted by Gasteiger charge is 2.27. The summed E-state index contributed by atoms with van der Waals surface area (Å²) in [4.78, 5) is 27.3. The van der Waals surface area contributed by atoms with Crippen LogP contribution in [-0.2, 0) is 22.6 Å². The van der Waals surface area contributed by atoms with Gasteiger partial charge in [0.05, 0.1) is 16.5 Å². The van der Waals surface area contributed by atoms with Crippen molar-refractivity contribution in [3.63, 3.8) is 0 Å². The third-order valence-corrected chi connectivity index (χ3v) is 5.44. The van der Waals surface area contributed by atoms with Gasteiger partial charge in [0.2, 0.25) is 11.8 Å². The van der Waals surface area contributed by atoms with E-state index in [1.807, 2.05) is 50.2 Å². The van der Waals surface area contributed by atoms with Crippen LogP contribution < -0.4 is 5.32 Å². The van der Waals surface area contributed by atoms with Crippen molar-refractivity contribution in [2.75, 3.05) is 0 Å². The molecular weight excluding hydrogens is 395 g/mol. The molecule has 2 rings (SSSR count). The predicted octanol–water partition coefficient (Wildman–Crippen LogP) is 4.87. The number of benzene rings is 2. The molecule has 6 heteroatoms. The second-order valence-electron chi connectivity index (χ2n) is 6.93. The first kappa shape index (κ1) is 22.3. The van der Waals surface area contributed by atoms with Gasteiger partial charge in [-0.15, -0.1) is 0 Å². The largest absolute Gasteiger partial charge is 0.352 e. The van der Waals surface area contributed by atoms with Crippen LogP contribution in [0.15, 0.2) is 48.5 Å². The summed E-state index contributed by atoms with van der Waals surface area (Å²) >= 11 is 12.1. The topological polar surface area (TPSA) is 49.4 Å². The van der Waals surface area contributed by atoms with Crippen molar-refractivity contribution in [1.82, 2.24) is 10.2 Å². The summed E-state index contributed by atoms with van der Waals surface area (Å²) in [5, 5.41) is 3.83. The van der Waals surface area contributed by atoms with Gasteiger partial charge in [0.15, 0.2) is 0 Å². The molecule has 0 aromatic heterocycles. The number of hydrogen-bond donors (Lipinski definition) is 1. The fraction of sp³-hybridized carbons (Fsp3) is 0.364. The summed E-state index contributed by atoms with van der Waals surface area (Å²) in [6.45, 7) is 5.97. The van der Waals surface area contributed by atoms with Gasteiger partial charge in [0, 0.05) is 12.6 Å². The maximum absolute atomic E-state index is 13.1.